The molecule has 1 atom stereocenters. The van der Waals surface area contributed by atoms with E-state index in [1.54, 1.807) is 13.1 Å². The summed E-state index contributed by atoms with van der Waals surface area (Å²) >= 11 is 0. The summed E-state index contributed by atoms with van der Waals surface area (Å²) in [6.45, 7) is 4.45. The molecule has 2 rings (SSSR count). The molecule has 1 unspecified atom stereocenters. The topological polar surface area (TPSA) is 45.2 Å². The zero-order chi connectivity index (χ0) is 13.0. The fraction of sp³-hybridized carbons (Fsp3) is 0.571. The van der Waals surface area contributed by atoms with E-state index in [1.807, 2.05) is 12.3 Å². The summed E-state index contributed by atoms with van der Waals surface area (Å²) in [7, 11) is 1.62. The third-order valence-electron chi connectivity index (χ3n) is 3.67. The lowest BCUT2D eigenvalue weighted by Crippen LogP contribution is -2.35. The molecule has 1 aliphatic rings. The van der Waals surface area contributed by atoms with Crippen molar-refractivity contribution >= 4 is 11.6 Å². The molecule has 1 N–H and O–H groups in total. The van der Waals surface area contributed by atoms with Crippen LogP contribution in [0.3, 0.4) is 0 Å². The summed E-state index contributed by atoms with van der Waals surface area (Å²) in [5, 5.41) is 2.58. The fourth-order valence-corrected chi connectivity index (χ4v) is 2.47. The summed E-state index contributed by atoms with van der Waals surface area (Å²) in [5.41, 5.74) is 1.60. The van der Waals surface area contributed by atoms with Gasteiger partial charge in [-0.2, -0.15) is 0 Å². The Balaban J connectivity index is 2.07. The summed E-state index contributed by atoms with van der Waals surface area (Å²) in [6, 6.07) is 3.79. The van der Waals surface area contributed by atoms with E-state index in [4.69, 9.17) is 0 Å². The van der Waals surface area contributed by atoms with Gasteiger partial charge in [0, 0.05) is 20.1 Å². The van der Waals surface area contributed by atoms with Gasteiger partial charge in [0.25, 0.3) is 5.91 Å². The maximum absolute atomic E-state index is 11.4. The molecule has 18 heavy (non-hydrogen) atoms. The zero-order valence-corrected chi connectivity index (χ0v) is 11.1. The monoisotopic (exact) mass is 247 g/mol. The van der Waals surface area contributed by atoms with Gasteiger partial charge in [-0.05, 0) is 30.9 Å². The third kappa shape index (κ3) is 2.81. The second kappa shape index (κ2) is 5.85. The minimum Gasteiger partial charge on any atom is -0.370 e. The minimum absolute atomic E-state index is 0.133. The second-order valence-electron chi connectivity index (χ2n) is 4.84. The van der Waals surface area contributed by atoms with Crippen LogP contribution in [-0.2, 0) is 0 Å². The first-order chi connectivity index (χ1) is 8.74. The molecule has 98 valence electrons. The van der Waals surface area contributed by atoms with Crippen molar-refractivity contribution in [3.05, 3.63) is 24.0 Å². The zero-order valence-electron chi connectivity index (χ0n) is 11.1. The van der Waals surface area contributed by atoms with Gasteiger partial charge in [0.2, 0.25) is 0 Å². The van der Waals surface area contributed by atoms with Gasteiger partial charge in [0.15, 0.2) is 0 Å². The van der Waals surface area contributed by atoms with E-state index in [2.05, 4.69) is 22.1 Å². The van der Waals surface area contributed by atoms with E-state index in [0.29, 0.717) is 5.69 Å². The summed E-state index contributed by atoms with van der Waals surface area (Å²) in [6.07, 6.45) is 5.62. The van der Waals surface area contributed by atoms with Gasteiger partial charge in [0.05, 0.1) is 11.9 Å². The fourth-order valence-electron chi connectivity index (χ4n) is 2.47. The Kier molecular flexibility index (Phi) is 4.18. The molecule has 0 aromatic carbocycles. The molecule has 2 heterocycles. The molecule has 1 saturated heterocycles. The van der Waals surface area contributed by atoms with Crippen LogP contribution in [0.15, 0.2) is 18.3 Å². The Morgan fingerprint density at radius 2 is 2.39 bits per heavy atom. The third-order valence-corrected chi connectivity index (χ3v) is 3.67. The van der Waals surface area contributed by atoms with Crippen LogP contribution >= 0.6 is 0 Å². The smallest absolute Gasteiger partial charge is 0.269 e. The molecule has 0 saturated carbocycles. The van der Waals surface area contributed by atoms with Gasteiger partial charge < -0.3 is 10.2 Å². The second-order valence-corrected chi connectivity index (χ2v) is 4.84. The number of nitrogens with zero attached hydrogens (tertiary/aromatic N) is 2. The molecule has 0 bridgehead atoms. The van der Waals surface area contributed by atoms with Crippen molar-refractivity contribution in [3.63, 3.8) is 0 Å². The van der Waals surface area contributed by atoms with Crippen LogP contribution in [0.5, 0.6) is 0 Å². The van der Waals surface area contributed by atoms with Crippen molar-refractivity contribution in [1.29, 1.82) is 0 Å². The molecule has 0 radical (unpaired) electrons. The van der Waals surface area contributed by atoms with E-state index in [-0.39, 0.29) is 5.91 Å². The van der Waals surface area contributed by atoms with Crippen molar-refractivity contribution in [2.24, 2.45) is 5.92 Å². The highest BCUT2D eigenvalue weighted by atomic mass is 16.1. The quantitative estimate of drug-likeness (QED) is 0.889. The number of hydrogen-bond acceptors (Lipinski definition) is 3. The Labute approximate surface area is 108 Å². The van der Waals surface area contributed by atoms with E-state index < -0.39 is 0 Å². The standard InChI is InChI=1S/C14H21N3O/c1-3-11-5-4-8-17(10-11)12-6-7-13(16-9-12)14(18)15-2/h6-7,9,11H,3-5,8,10H2,1-2H3,(H,15,18). The molecule has 1 fully saturated rings. The van der Waals surface area contributed by atoms with E-state index >= 15 is 0 Å². The molecule has 1 aromatic rings. The molecule has 1 aliphatic heterocycles. The van der Waals surface area contributed by atoms with Crippen LogP contribution in [0.4, 0.5) is 5.69 Å². The van der Waals surface area contributed by atoms with E-state index in [9.17, 15) is 4.79 Å². The van der Waals surface area contributed by atoms with E-state index in [0.717, 1.165) is 24.7 Å². The number of hydrogen-bond donors (Lipinski definition) is 1. The first-order valence-corrected chi connectivity index (χ1v) is 6.67. The molecule has 4 nitrogen and oxygen atoms in total. The number of amides is 1. The average Bonchev–Trinajstić information content (AvgIpc) is 2.46. The normalized spacial score (nSPS) is 19.7. The molecule has 1 aromatic heterocycles. The minimum atomic E-state index is -0.133. The van der Waals surface area contributed by atoms with Gasteiger partial charge in [-0.1, -0.05) is 13.3 Å². The highest BCUT2D eigenvalue weighted by Gasteiger charge is 2.19. The maximum atomic E-state index is 11.4. The van der Waals surface area contributed by atoms with Crippen molar-refractivity contribution in [3.8, 4) is 0 Å². The van der Waals surface area contributed by atoms with Gasteiger partial charge in [-0.3, -0.25) is 4.79 Å². The number of nitrogens with one attached hydrogen (secondary N) is 1. The largest absolute Gasteiger partial charge is 0.370 e. The number of carbonyl (C=O) groups is 1. The molecule has 0 aliphatic carbocycles. The molecular formula is C14H21N3O. The molecule has 1 amide bonds. The summed E-state index contributed by atoms with van der Waals surface area (Å²) < 4.78 is 0. The Hall–Kier alpha value is -1.58. The predicted octanol–water partition coefficient (Wildman–Crippen LogP) is 2.07. The van der Waals surface area contributed by atoms with Crippen molar-refractivity contribution in [1.82, 2.24) is 10.3 Å². The number of carbonyl (C=O) groups excluding carboxylic acids is 1. The van der Waals surface area contributed by atoms with Gasteiger partial charge in [-0.25, -0.2) is 4.98 Å². The summed E-state index contributed by atoms with van der Waals surface area (Å²) in [4.78, 5) is 18.0. The van der Waals surface area contributed by atoms with Gasteiger partial charge in [0.1, 0.15) is 5.69 Å². The highest BCUT2D eigenvalue weighted by molar-refractivity contribution is 5.92. The molecular weight excluding hydrogens is 226 g/mol. The van der Waals surface area contributed by atoms with E-state index in [1.165, 1.54) is 19.3 Å². The number of rotatable bonds is 3. The van der Waals surface area contributed by atoms with Crippen LogP contribution in [-0.4, -0.2) is 31.0 Å². The SMILES string of the molecule is CCC1CCCN(c2ccc(C(=O)NC)nc2)C1. The average molecular weight is 247 g/mol. The number of anilines is 1. The van der Waals surface area contributed by atoms with Crippen molar-refractivity contribution in [2.45, 2.75) is 26.2 Å². The van der Waals surface area contributed by atoms with Crippen LogP contribution in [0, 0.1) is 5.92 Å². The number of aromatic nitrogens is 1. The lowest BCUT2D eigenvalue weighted by molar-refractivity contribution is 0.0958. The predicted molar refractivity (Wildman–Crippen MR) is 72.9 cm³/mol. The Morgan fingerprint density at radius 3 is 3.00 bits per heavy atom. The first-order valence-electron chi connectivity index (χ1n) is 6.67. The van der Waals surface area contributed by atoms with Crippen LogP contribution in [0.25, 0.3) is 0 Å². The summed E-state index contributed by atoms with van der Waals surface area (Å²) in [5.74, 6) is 0.656. The lowest BCUT2D eigenvalue weighted by Gasteiger charge is -2.33. The Morgan fingerprint density at radius 1 is 1.56 bits per heavy atom. The van der Waals surface area contributed by atoms with Crippen molar-refractivity contribution in [2.75, 3.05) is 25.0 Å². The van der Waals surface area contributed by atoms with Gasteiger partial charge >= 0.3 is 0 Å². The molecule has 0 spiro atoms. The Bertz CT molecular complexity index is 402. The van der Waals surface area contributed by atoms with Crippen LogP contribution in [0.1, 0.15) is 36.7 Å². The number of pyridine rings is 1. The van der Waals surface area contributed by atoms with Crippen molar-refractivity contribution < 1.29 is 4.79 Å². The van der Waals surface area contributed by atoms with Crippen LogP contribution in [0.2, 0.25) is 0 Å². The molecule has 4 heteroatoms. The van der Waals surface area contributed by atoms with Crippen LogP contribution < -0.4 is 10.2 Å². The highest BCUT2D eigenvalue weighted by Crippen LogP contribution is 2.24. The maximum Gasteiger partial charge on any atom is 0.269 e. The number of piperidine rings is 1. The lowest BCUT2D eigenvalue weighted by atomic mass is 9.95. The van der Waals surface area contributed by atoms with Gasteiger partial charge in [-0.15, -0.1) is 0 Å². The first kappa shape index (κ1) is 12.9.